The molecule has 0 saturated heterocycles. The van der Waals surface area contributed by atoms with Crippen molar-refractivity contribution in [2.75, 3.05) is 4.90 Å². The summed E-state index contributed by atoms with van der Waals surface area (Å²) in [6, 6.07) is 9.39. The summed E-state index contributed by atoms with van der Waals surface area (Å²) in [7, 11) is 0. The molecule has 1 aromatic heterocycles. The second-order valence-electron chi connectivity index (χ2n) is 4.83. The molecule has 5 heteroatoms. The van der Waals surface area contributed by atoms with Gasteiger partial charge in [0, 0.05) is 22.2 Å². The molecule has 20 heavy (non-hydrogen) atoms. The van der Waals surface area contributed by atoms with Crippen molar-refractivity contribution >= 4 is 34.2 Å². The van der Waals surface area contributed by atoms with Crippen LogP contribution >= 0.6 is 23.6 Å². The lowest BCUT2D eigenvalue weighted by atomic mass is 10.1. The number of nitrogens with two attached hydrogens (primary N) is 1. The summed E-state index contributed by atoms with van der Waals surface area (Å²) >= 11 is 6.53. The van der Waals surface area contributed by atoms with Crippen molar-refractivity contribution in [3.63, 3.8) is 0 Å². The summed E-state index contributed by atoms with van der Waals surface area (Å²) in [4.78, 5) is 3.49. The molecule has 106 valence electrons. The predicted molar refractivity (Wildman–Crippen MR) is 87.9 cm³/mol. The second-order valence-corrected chi connectivity index (χ2v) is 6.30. The minimum Gasteiger partial charge on any atom is -0.389 e. The lowest BCUT2D eigenvalue weighted by Gasteiger charge is -2.29. The van der Waals surface area contributed by atoms with Gasteiger partial charge in [-0.3, -0.25) is 0 Å². The highest BCUT2D eigenvalue weighted by Gasteiger charge is 2.14. The minimum absolute atomic E-state index is 0.0865. The summed E-state index contributed by atoms with van der Waals surface area (Å²) in [5.74, 6) is -0.369. The molecule has 0 unspecified atom stereocenters. The average molecular weight is 308 g/mol. The standard InChI is InChI=1S/C15H17FN2S2/c1-10(2)18(9-12-4-3-7-20-12)11-5-6-13(15(17)19)14(16)8-11/h3-8,10H,9H2,1-2H3,(H2,17,19). The largest absolute Gasteiger partial charge is 0.389 e. The second kappa shape index (κ2) is 6.33. The van der Waals surface area contributed by atoms with Crippen LogP contribution in [-0.2, 0) is 6.54 Å². The van der Waals surface area contributed by atoms with Crippen molar-refractivity contribution in [1.29, 1.82) is 0 Å². The molecule has 2 aromatic rings. The van der Waals surface area contributed by atoms with Crippen LogP contribution in [0.1, 0.15) is 24.3 Å². The van der Waals surface area contributed by atoms with Gasteiger partial charge in [-0.2, -0.15) is 0 Å². The molecule has 0 aliphatic rings. The van der Waals surface area contributed by atoms with Crippen molar-refractivity contribution in [2.45, 2.75) is 26.4 Å². The number of halogens is 1. The lowest BCUT2D eigenvalue weighted by molar-refractivity contribution is 0.620. The van der Waals surface area contributed by atoms with E-state index in [0.717, 1.165) is 12.2 Å². The monoisotopic (exact) mass is 308 g/mol. The van der Waals surface area contributed by atoms with Crippen LogP contribution in [0.3, 0.4) is 0 Å². The number of thiocarbonyl (C=S) groups is 1. The Balaban J connectivity index is 2.30. The number of thiophene rings is 1. The van der Waals surface area contributed by atoms with E-state index in [4.69, 9.17) is 18.0 Å². The third kappa shape index (κ3) is 3.35. The number of benzene rings is 1. The first-order chi connectivity index (χ1) is 9.49. The van der Waals surface area contributed by atoms with Gasteiger partial charge < -0.3 is 10.6 Å². The van der Waals surface area contributed by atoms with E-state index in [0.29, 0.717) is 5.56 Å². The van der Waals surface area contributed by atoms with E-state index in [1.165, 1.54) is 10.9 Å². The first-order valence-electron chi connectivity index (χ1n) is 6.37. The molecule has 0 atom stereocenters. The Morgan fingerprint density at radius 2 is 2.15 bits per heavy atom. The number of nitrogens with zero attached hydrogens (tertiary/aromatic N) is 1. The molecular formula is C15H17FN2S2. The average Bonchev–Trinajstić information content (AvgIpc) is 2.87. The molecule has 2 N–H and O–H groups in total. The van der Waals surface area contributed by atoms with Crippen LogP contribution in [0.5, 0.6) is 0 Å². The summed E-state index contributed by atoms with van der Waals surface area (Å²) in [6.45, 7) is 4.95. The molecule has 1 heterocycles. The molecular weight excluding hydrogens is 291 g/mol. The highest BCUT2D eigenvalue weighted by atomic mass is 32.1. The van der Waals surface area contributed by atoms with E-state index in [2.05, 4.69) is 24.8 Å². The quantitative estimate of drug-likeness (QED) is 0.848. The van der Waals surface area contributed by atoms with E-state index in [-0.39, 0.29) is 16.8 Å². The molecule has 0 saturated carbocycles. The Morgan fingerprint density at radius 1 is 1.40 bits per heavy atom. The first-order valence-corrected chi connectivity index (χ1v) is 7.66. The summed E-state index contributed by atoms with van der Waals surface area (Å²) in [5.41, 5.74) is 6.62. The van der Waals surface area contributed by atoms with Gasteiger partial charge in [-0.05, 0) is 43.5 Å². The Labute approximate surface area is 128 Å². The van der Waals surface area contributed by atoms with Gasteiger partial charge in [0.2, 0.25) is 0 Å². The summed E-state index contributed by atoms with van der Waals surface area (Å²) in [6.07, 6.45) is 0. The SMILES string of the molecule is CC(C)N(Cc1cccs1)c1ccc(C(N)=S)c(F)c1. The molecule has 0 fully saturated rings. The van der Waals surface area contributed by atoms with Gasteiger partial charge in [0.1, 0.15) is 10.8 Å². The maximum Gasteiger partial charge on any atom is 0.135 e. The third-order valence-corrected chi connectivity index (χ3v) is 4.16. The number of hydrogen-bond acceptors (Lipinski definition) is 3. The maximum absolute atomic E-state index is 14.0. The number of anilines is 1. The van der Waals surface area contributed by atoms with Crippen LogP contribution in [0, 0.1) is 5.82 Å². The van der Waals surface area contributed by atoms with Crippen LogP contribution in [0.25, 0.3) is 0 Å². The molecule has 0 spiro atoms. The highest BCUT2D eigenvalue weighted by molar-refractivity contribution is 7.80. The lowest BCUT2D eigenvalue weighted by Crippen LogP contribution is -2.30. The molecule has 0 aliphatic heterocycles. The zero-order chi connectivity index (χ0) is 14.7. The van der Waals surface area contributed by atoms with Crippen molar-refractivity contribution in [1.82, 2.24) is 0 Å². The van der Waals surface area contributed by atoms with Crippen molar-refractivity contribution < 1.29 is 4.39 Å². The fourth-order valence-electron chi connectivity index (χ4n) is 2.02. The van der Waals surface area contributed by atoms with Crippen molar-refractivity contribution in [3.05, 3.63) is 52.0 Å². The van der Waals surface area contributed by atoms with Crippen molar-refractivity contribution in [2.24, 2.45) is 5.73 Å². The molecule has 1 aromatic carbocycles. The van der Waals surface area contributed by atoms with E-state index in [1.807, 2.05) is 17.5 Å². The van der Waals surface area contributed by atoms with Gasteiger partial charge >= 0.3 is 0 Å². The van der Waals surface area contributed by atoms with Crippen LogP contribution in [0.2, 0.25) is 0 Å². The topological polar surface area (TPSA) is 29.3 Å². The fraction of sp³-hybridized carbons (Fsp3) is 0.267. The zero-order valence-corrected chi connectivity index (χ0v) is 13.1. The molecule has 0 aliphatic carbocycles. The predicted octanol–water partition coefficient (Wildman–Crippen LogP) is 3.94. The van der Waals surface area contributed by atoms with Crippen LogP contribution in [0.15, 0.2) is 35.7 Å². The molecule has 0 bridgehead atoms. The van der Waals surface area contributed by atoms with Gasteiger partial charge in [0.05, 0.1) is 6.54 Å². The fourth-order valence-corrected chi connectivity index (χ4v) is 2.89. The van der Waals surface area contributed by atoms with E-state index >= 15 is 0 Å². The van der Waals surface area contributed by atoms with E-state index in [1.54, 1.807) is 17.4 Å². The summed E-state index contributed by atoms with van der Waals surface area (Å²) in [5, 5.41) is 2.05. The van der Waals surface area contributed by atoms with E-state index < -0.39 is 0 Å². The normalized spacial score (nSPS) is 10.8. The van der Waals surface area contributed by atoms with Gasteiger partial charge in [-0.15, -0.1) is 11.3 Å². The van der Waals surface area contributed by atoms with Crippen LogP contribution < -0.4 is 10.6 Å². The Hall–Kier alpha value is -1.46. The number of hydrogen-bond donors (Lipinski definition) is 1. The van der Waals surface area contributed by atoms with Crippen LogP contribution in [-0.4, -0.2) is 11.0 Å². The number of rotatable bonds is 5. The Bertz CT molecular complexity index is 594. The van der Waals surface area contributed by atoms with E-state index in [9.17, 15) is 4.39 Å². The van der Waals surface area contributed by atoms with Gasteiger partial charge in [-0.1, -0.05) is 18.3 Å². The smallest absolute Gasteiger partial charge is 0.135 e. The maximum atomic E-state index is 14.0. The van der Waals surface area contributed by atoms with Gasteiger partial charge in [0.25, 0.3) is 0 Å². The molecule has 2 rings (SSSR count). The summed E-state index contributed by atoms with van der Waals surface area (Å²) < 4.78 is 14.0. The zero-order valence-electron chi connectivity index (χ0n) is 11.5. The van der Waals surface area contributed by atoms with Crippen LogP contribution in [0.4, 0.5) is 10.1 Å². The molecule has 2 nitrogen and oxygen atoms in total. The first kappa shape index (κ1) is 14.9. The Morgan fingerprint density at radius 3 is 2.65 bits per heavy atom. The molecule has 0 amide bonds. The Kier molecular flexibility index (Phi) is 4.73. The van der Waals surface area contributed by atoms with Crippen molar-refractivity contribution in [3.8, 4) is 0 Å². The van der Waals surface area contributed by atoms with Gasteiger partial charge in [0.15, 0.2) is 0 Å². The third-order valence-electron chi connectivity index (χ3n) is 3.08. The highest BCUT2D eigenvalue weighted by Crippen LogP contribution is 2.24. The van der Waals surface area contributed by atoms with Gasteiger partial charge in [-0.25, -0.2) is 4.39 Å². The minimum atomic E-state index is -0.369. The molecule has 0 radical (unpaired) electrons.